The summed E-state index contributed by atoms with van der Waals surface area (Å²) in [5.41, 5.74) is 0. The van der Waals surface area contributed by atoms with Gasteiger partial charge in [-0.25, -0.2) is 4.39 Å². The van der Waals surface area contributed by atoms with Gasteiger partial charge in [-0.15, -0.1) is 0 Å². The average molecular weight is 217 g/mol. The summed E-state index contributed by atoms with van der Waals surface area (Å²) in [5.74, 6) is 0.161. The fourth-order valence-electron chi connectivity index (χ4n) is 1.36. The van der Waals surface area contributed by atoms with Crippen molar-refractivity contribution in [2.45, 2.75) is 12.5 Å². The molecule has 0 spiro atoms. The van der Waals surface area contributed by atoms with Gasteiger partial charge in [0.1, 0.15) is 17.7 Å². The van der Waals surface area contributed by atoms with Crippen LogP contribution in [0.3, 0.4) is 0 Å². The number of ether oxygens (including phenoxy) is 2. The summed E-state index contributed by atoms with van der Waals surface area (Å²) >= 11 is 5.80. The summed E-state index contributed by atoms with van der Waals surface area (Å²) in [6.07, 6.45) is 0.895. The first kappa shape index (κ1) is 9.74. The molecule has 0 aromatic heterocycles. The monoisotopic (exact) mass is 216 g/mol. The smallest absolute Gasteiger partial charge is 0.138 e. The van der Waals surface area contributed by atoms with Crippen molar-refractivity contribution in [2.75, 3.05) is 13.2 Å². The second-order valence-electron chi connectivity index (χ2n) is 3.18. The summed E-state index contributed by atoms with van der Waals surface area (Å²) in [6, 6.07) is 4.11. The summed E-state index contributed by atoms with van der Waals surface area (Å²) in [6.45, 7) is 1.29. The number of rotatable bonds is 2. The fourth-order valence-corrected chi connectivity index (χ4v) is 1.57. The average Bonchev–Trinajstić information content (AvgIpc) is 2.62. The van der Waals surface area contributed by atoms with E-state index in [1.807, 2.05) is 0 Å². The third-order valence-electron chi connectivity index (χ3n) is 2.08. The quantitative estimate of drug-likeness (QED) is 0.757. The standard InChI is InChI=1S/C10H10ClFO2/c11-9-5-7(12)1-2-10(9)14-8-3-4-13-6-8/h1-2,5,8H,3-4,6H2/t8-/m0/s1. The largest absolute Gasteiger partial charge is 0.486 e. The highest BCUT2D eigenvalue weighted by Crippen LogP contribution is 2.27. The molecular formula is C10H10ClFO2. The molecule has 0 amide bonds. The van der Waals surface area contributed by atoms with Crippen LogP contribution in [0.25, 0.3) is 0 Å². The lowest BCUT2D eigenvalue weighted by atomic mass is 10.3. The van der Waals surface area contributed by atoms with Gasteiger partial charge in [0, 0.05) is 6.42 Å². The van der Waals surface area contributed by atoms with E-state index in [0.717, 1.165) is 6.42 Å². The highest BCUT2D eigenvalue weighted by Gasteiger charge is 2.18. The number of hydrogen-bond acceptors (Lipinski definition) is 2. The SMILES string of the molecule is Fc1ccc(O[C@H]2CCOC2)c(Cl)c1. The zero-order valence-electron chi connectivity index (χ0n) is 7.50. The minimum absolute atomic E-state index is 0.0398. The van der Waals surface area contributed by atoms with E-state index in [9.17, 15) is 4.39 Å². The van der Waals surface area contributed by atoms with Crippen LogP contribution < -0.4 is 4.74 Å². The summed E-state index contributed by atoms with van der Waals surface area (Å²) in [7, 11) is 0. The first-order valence-electron chi connectivity index (χ1n) is 4.45. The van der Waals surface area contributed by atoms with Crippen LogP contribution in [0.15, 0.2) is 18.2 Å². The Bertz CT molecular complexity index is 324. The predicted octanol–water partition coefficient (Wildman–Crippen LogP) is 2.65. The van der Waals surface area contributed by atoms with Crippen LogP contribution in [0.5, 0.6) is 5.75 Å². The van der Waals surface area contributed by atoms with Crippen molar-refractivity contribution >= 4 is 11.6 Å². The zero-order valence-corrected chi connectivity index (χ0v) is 8.26. The van der Waals surface area contributed by atoms with Crippen LogP contribution in [0.1, 0.15) is 6.42 Å². The van der Waals surface area contributed by atoms with Crippen LogP contribution in [-0.4, -0.2) is 19.3 Å². The Labute approximate surface area is 86.6 Å². The lowest BCUT2D eigenvalue weighted by molar-refractivity contribution is 0.141. The van der Waals surface area contributed by atoms with Crippen molar-refractivity contribution in [3.8, 4) is 5.75 Å². The van der Waals surface area contributed by atoms with Crippen LogP contribution in [0.2, 0.25) is 5.02 Å². The van der Waals surface area contributed by atoms with E-state index in [2.05, 4.69) is 0 Å². The van der Waals surface area contributed by atoms with Crippen molar-refractivity contribution < 1.29 is 13.9 Å². The summed E-state index contributed by atoms with van der Waals surface area (Å²) < 4.78 is 23.4. The first-order valence-corrected chi connectivity index (χ1v) is 4.83. The Kier molecular flexibility index (Phi) is 2.89. The Morgan fingerprint density at radius 3 is 3.00 bits per heavy atom. The molecule has 1 aliphatic heterocycles. The fraction of sp³-hybridized carbons (Fsp3) is 0.400. The van der Waals surface area contributed by atoms with Crippen molar-refractivity contribution in [1.82, 2.24) is 0 Å². The van der Waals surface area contributed by atoms with E-state index in [0.29, 0.717) is 24.0 Å². The highest BCUT2D eigenvalue weighted by atomic mass is 35.5. The Balaban J connectivity index is 2.08. The summed E-state index contributed by atoms with van der Waals surface area (Å²) in [4.78, 5) is 0. The van der Waals surface area contributed by atoms with Crippen LogP contribution in [0.4, 0.5) is 4.39 Å². The minimum atomic E-state index is -0.356. The van der Waals surface area contributed by atoms with Gasteiger partial charge < -0.3 is 9.47 Å². The molecule has 1 heterocycles. The molecule has 1 aliphatic rings. The molecule has 76 valence electrons. The molecule has 0 unspecified atom stereocenters. The van der Waals surface area contributed by atoms with Gasteiger partial charge in [-0.05, 0) is 18.2 Å². The van der Waals surface area contributed by atoms with E-state index in [4.69, 9.17) is 21.1 Å². The van der Waals surface area contributed by atoms with Gasteiger partial charge in [-0.2, -0.15) is 0 Å². The molecule has 1 atom stereocenters. The second-order valence-corrected chi connectivity index (χ2v) is 3.59. The highest BCUT2D eigenvalue weighted by molar-refractivity contribution is 6.32. The van der Waals surface area contributed by atoms with Gasteiger partial charge in [0.2, 0.25) is 0 Å². The molecule has 0 saturated carbocycles. The maximum atomic E-state index is 12.7. The Morgan fingerprint density at radius 1 is 1.50 bits per heavy atom. The topological polar surface area (TPSA) is 18.5 Å². The Hall–Kier alpha value is -0.800. The van der Waals surface area contributed by atoms with Gasteiger partial charge in [-0.1, -0.05) is 11.6 Å². The van der Waals surface area contributed by atoms with Crippen LogP contribution in [-0.2, 0) is 4.74 Å². The second kappa shape index (κ2) is 4.15. The van der Waals surface area contributed by atoms with Crippen molar-refractivity contribution in [3.63, 3.8) is 0 Å². The molecule has 0 aliphatic carbocycles. The molecule has 1 saturated heterocycles. The maximum Gasteiger partial charge on any atom is 0.138 e. The first-order chi connectivity index (χ1) is 6.75. The molecule has 4 heteroatoms. The molecule has 0 N–H and O–H groups in total. The summed E-state index contributed by atoms with van der Waals surface area (Å²) in [5, 5.41) is 0.303. The predicted molar refractivity (Wildman–Crippen MR) is 51.3 cm³/mol. The van der Waals surface area contributed by atoms with Crippen molar-refractivity contribution in [3.05, 3.63) is 29.0 Å². The van der Waals surface area contributed by atoms with E-state index in [1.54, 1.807) is 0 Å². The number of benzene rings is 1. The zero-order chi connectivity index (χ0) is 9.97. The van der Waals surface area contributed by atoms with Gasteiger partial charge in [0.25, 0.3) is 0 Å². The molecule has 0 radical (unpaired) electrons. The van der Waals surface area contributed by atoms with Gasteiger partial charge >= 0.3 is 0 Å². The van der Waals surface area contributed by atoms with Crippen LogP contribution >= 0.6 is 11.6 Å². The Morgan fingerprint density at radius 2 is 2.36 bits per heavy atom. The van der Waals surface area contributed by atoms with E-state index in [1.165, 1.54) is 18.2 Å². The maximum absolute atomic E-state index is 12.7. The molecule has 1 aromatic rings. The van der Waals surface area contributed by atoms with Gasteiger partial charge in [0.05, 0.1) is 18.2 Å². The van der Waals surface area contributed by atoms with Crippen molar-refractivity contribution in [1.29, 1.82) is 0 Å². The molecule has 0 bridgehead atoms. The van der Waals surface area contributed by atoms with E-state index < -0.39 is 0 Å². The molecule has 1 fully saturated rings. The molecule has 2 nitrogen and oxygen atoms in total. The molecule has 2 rings (SSSR count). The molecule has 14 heavy (non-hydrogen) atoms. The van der Waals surface area contributed by atoms with Gasteiger partial charge in [-0.3, -0.25) is 0 Å². The van der Waals surface area contributed by atoms with E-state index >= 15 is 0 Å². The lowest BCUT2D eigenvalue weighted by Gasteiger charge is -2.12. The van der Waals surface area contributed by atoms with Crippen LogP contribution in [0, 0.1) is 5.82 Å². The van der Waals surface area contributed by atoms with Crippen molar-refractivity contribution in [2.24, 2.45) is 0 Å². The van der Waals surface area contributed by atoms with Gasteiger partial charge in [0.15, 0.2) is 0 Å². The number of halogens is 2. The molecular weight excluding hydrogens is 207 g/mol. The lowest BCUT2D eigenvalue weighted by Crippen LogP contribution is -2.15. The third-order valence-corrected chi connectivity index (χ3v) is 2.37. The van der Waals surface area contributed by atoms with E-state index in [-0.39, 0.29) is 11.9 Å². The molecule has 1 aromatic carbocycles. The third kappa shape index (κ3) is 2.16. The number of hydrogen-bond donors (Lipinski definition) is 0. The normalized spacial score (nSPS) is 21.1. The minimum Gasteiger partial charge on any atom is -0.486 e.